The zero-order chi connectivity index (χ0) is 16.4. The van der Waals surface area contributed by atoms with Crippen molar-refractivity contribution in [1.82, 2.24) is 14.9 Å². The Hall–Kier alpha value is -1.85. The summed E-state index contributed by atoms with van der Waals surface area (Å²) in [7, 11) is -7.51. The maximum Gasteiger partial charge on any atom is 0.335 e. The lowest BCUT2D eigenvalue weighted by Crippen LogP contribution is -2.21. The summed E-state index contributed by atoms with van der Waals surface area (Å²) in [5.74, 6) is -1.51. The van der Waals surface area contributed by atoms with E-state index in [2.05, 4.69) is 14.9 Å². The SMILES string of the molecule is CS(=O)(=O)NCc1nnc(S(=O)(=O)Cc2ccccc2F)o1. The number of nitrogens with zero attached hydrogens (tertiary/aromatic N) is 2. The minimum absolute atomic E-state index is 0.0310. The molecule has 0 saturated carbocycles. The summed E-state index contributed by atoms with van der Waals surface area (Å²) in [6.07, 6.45) is 0.930. The molecule has 2 rings (SSSR count). The second-order valence-corrected chi connectivity index (χ2v) is 8.11. The fraction of sp³-hybridized carbons (Fsp3) is 0.273. The monoisotopic (exact) mass is 349 g/mol. The van der Waals surface area contributed by atoms with Gasteiger partial charge >= 0.3 is 5.22 Å². The molecule has 1 aromatic heterocycles. The van der Waals surface area contributed by atoms with Gasteiger partial charge in [-0.15, -0.1) is 5.10 Å². The standard InChI is InChI=1S/C11H12FN3O5S2/c1-21(16,17)13-6-10-14-15-11(20-10)22(18,19)7-8-4-2-3-5-9(8)12/h2-5,13H,6-7H2,1H3. The van der Waals surface area contributed by atoms with Crippen LogP contribution in [-0.2, 0) is 32.2 Å². The predicted molar refractivity (Wildman–Crippen MR) is 73.3 cm³/mol. The maximum absolute atomic E-state index is 13.5. The molecule has 0 bridgehead atoms. The van der Waals surface area contributed by atoms with Gasteiger partial charge in [0.2, 0.25) is 25.8 Å². The minimum atomic E-state index is -4.03. The summed E-state index contributed by atoms with van der Waals surface area (Å²) < 4.78 is 66.4. The van der Waals surface area contributed by atoms with Gasteiger partial charge in [-0.25, -0.2) is 25.9 Å². The van der Waals surface area contributed by atoms with Crippen molar-refractivity contribution in [2.24, 2.45) is 0 Å². The minimum Gasteiger partial charge on any atom is -0.411 e. The zero-order valence-electron chi connectivity index (χ0n) is 11.4. The van der Waals surface area contributed by atoms with Gasteiger partial charge in [0, 0.05) is 5.56 Å². The van der Waals surface area contributed by atoms with Crippen LogP contribution in [0.4, 0.5) is 4.39 Å². The van der Waals surface area contributed by atoms with E-state index in [0.717, 1.165) is 12.3 Å². The molecule has 0 aliphatic carbocycles. The second-order valence-electron chi connectivity index (χ2n) is 4.41. The Morgan fingerprint density at radius 3 is 2.50 bits per heavy atom. The highest BCUT2D eigenvalue weighted by atomic mass is 32.2. The molecule has 0 aliphatic rings. The quantitative estimate of drug-likeness (QED) is 0.793. The molecular weight excluding hydrogens is 337 g/mol. The topological polar surface area (TPSA) is 119 Å². The van der Waals surface area contributed by atoms with Crippen LogP contribution in [0.15, 0.2) is 33.9 Å². The first-order chi connectivity index (χ1) is 10.2. The molecule has 2 aromatic rings. The van der Waals surface area contributed by atoms with E-state index in [1.807, 2.05) is 0 Å². The molecule has 120 valence electrons. The number of benzene rings is 1. The summed E-state index contributed by atoms with van der Waals surface area (Å²) >= 11 is 0. The van der Waals surface area contributed by atoms with E-state index in [1.54, 1.807) is 0 Å². The number of nitrogens with one attached hydrogen (secondary N) is 1. The molecule has 8 nitrogen and oxygen atoms in total. The van der Waals surface area contributed by atoms with E-state index in [-0.39, 0.29) is 18.0 Å². The fourth-order valence-electron chi connectivity index (χ4n) is 1.51. The molecule has 11 heteroatoms. The molecule has 0 atom stereocenters. The molecule has 0 amide bonds. The van der Waals surface area contributed by atoms with Crippen molar-refractivity contribution >= 4 is 19.9 Å². The number of rotatable bonds is 6. The highest BCUT2D eigenvalue weighted by Crippen LogP contribution is 2.17. The van der Waals surface area contributed by atoms with Crippen LogP contribution in [-0.4, -0.2) is 33.3 Å². The van der Waals surface area contributed by atoms with Crippen LogP contribution in [0.3, 0.4) is 0 Å². The Labute approximate surface area is 126 Å². The normalized spacial score (nSPS) is 12.5. The highest BCUT2D eigenvalue weighted by molar-refractivity contribution is 7.90. The van der Waals surface area contributed by atoms with Gasteiger partial charge < -0.3 is 4.42 Å². The molecule has 0 saturated heterocycles. The van der Waals surface area contributed by atoms with E-state index in [9.17, 15) is 21.2 Å². The predicted octanol–water partition coefficient (Wildman–Crippen LogP) is 0.232. The van der Waals surface area contributed by atoms with Crippen molar-refractivity contribution in [3.63, 3.8) is 0 Å². The van der Waals surface area contributed by atoms with Crippen LogP contribution in [0.1, 0.15) is 11.5 Å². The Morgan fingerprint density at radius 2 is 1.86 bits per heavy atom. The molecule has 1 N–H and O–H groups in total. The average Bonchev–Trinajstić information content (AvgIpc) is 2.88. The number of hydrogen-bond acceptors (Lipinski definition) is 7. The average molecular weight is 349 g/mol. The van der Waals surface area contributed by atoms with Crippen molar-refractivity contribution in [2.45, 2.75) is 17.5 Å². The lowest BCUT2D eigenvalue weighted by Gasteiger charge is -2.01. The van der Waals surface area contributed by atoms with E-state index in [1.165, 1.54) is 18.2 Å². The molecule has 1 heterocycles. The molecule has 0 fully saturated rings. The highest BCUT2D eigenvalue weighted by Gasteiger charge is 2.24. The van der Waals surface area contributed by atoms with Gasteiger partial charge in [-0.1, -0.05) is 23.3 Å². The number of halogens is 1. The van der Waals surface area contributed by atoms with Gasteiger partial charge in [-0.2, -0.15) is 0 Å². The van der Waals surface area contributed by atoms with E-state index < -0.39 is 36.7 Å². The van der Waals surface area contributed by atoms with Gasteiger partial charge in [0.1, 0.15) is 5.82 Å². The summed E-state index contributed by atoms with van der Waals surface area (Å²) in [5, 5.41) is 6.09. The Balaban J connectivity index is 2.17. The maximum atomic E-state index is 13.5. The largest absolute Gasteiger partial charge is 0.411 e. The van der Waals surface area contributed by atoms with Crippen molar-refractivity contribution in [2.75, 3.05) is 6.26 Å². The van der Waals surface area contributed by atoms with Gasteiger partial charge in [0.25, 0.3) is 0 Å². The van der Waals surface area contributed by atoms with Gasteiger partial charge in [0.05, 0.1) is 18.6 Å². The summed E-state index contributed by atoms with van der Waals surface area (Å²) in [5.41, 5.74) is -0.0310. The number of sulfone groups is 1. The van der Waals surface area contributed by atoms with Crippen LogP contribution in [0.2, 0.25) is 0 Å². The molecule has 0 aliphatic heterocycles. The van der Waals surface area contributed by atoms with E-state index >= 15 is 0 Å². The van der Waals surface area contributed by atoms with E-state index in [4.69, 9.17) is 4.42 Å². The third-order valence-corrected chi connectivity index (χ3v) is 4.56. The van der Waals surface area contributed by atoms with Crippen LogP contribution in [0.5, 0.6) is 0 Å². The number of sulfonamides is 1. The Morgan fingerprint density at radius 1 is 1.18 bits per heavy atom. The molecule has 22 heavy (non-hydrogen) atoms. The van der Waals surface area contributed by atoms with Crippen LogP contribution < -0.4 is 4.72 Å². The Kier molecular flexibility index (Phi) is 4.58. The van der Waals surface area contributed by atoms with Crippen molar-refractivity contribution in [3.05, 3.63) is 41.5 Å². The first-order valence-electron chi connectivity index (χ1n) is 5.90. The zero-order valence-corrected chi connectivity index (χ0v) is 13.0. The summed E-state index contributed by atoms with van der Waals surface area (Å²) in [6.45, 7) is -0.332. The smallest absolute Gasteiger partial charge is 0.335 e. The molecule has 0 spiro atoms. The lowest BCUT2D eigenvalue weighted by atomic mass is 10.2. The van der Waals surface area contributed by atoms with Gasteiger partial charge in [0.15, 0.2) is 0 Å². The van der Waals surface area contributed by atoms with Crippen molar-refractivity contribution in [1.29, 1.82) is 0 Å². The first-order valence-corrected chi connectivity index (χ1v) is 9.45. The van der Waals surface area contributed by atoms with Crippen LogP contribution in [0.25, 0.3) is 0 Å². The molecule has 0 unspecified atom stereocenters. The number of hydrogen-bond donors (Lipinski definition) is 1. The van der Waals surface area contributed by atoms with Crippen LogP contribution in [0, 0.1) is 5.82 Å². The molecular formula is C11H12FN3O5S2. The Bertz CT molecular complexity index is 877. The number of aromatic nitrogens is 2. The van der Waals surface area contributed by atoms with E-state index in [0.29, 0.717) is 0 Å². The summed E-state index contributed by atoms with van der Waals surface area (Å²) in [4.78, 5) is 0. The lowest BCUT2D eigenvalue weighted by molar-refractivity contribution is 0.393. The van der Waals surface area contributed by atoms with Crippen LogP contribution >= 0.6 is 0 Å². The van der Waals surface area contributed by atoms with Gasteiger partial charge in [-0.05, 0) is 6.07 Å². The van der Waals surface area contributed by atoms with Crippen molar-refractivity contribution in [3.8, 4) is 0 Å². The second kappa shape index (κ2) is 6.10. The van der Waals surface area contributed by atoms with Gasteiger partial charge in [-0.3, -0.25) is 0 Å². The summed E-state index contributed by atoms with van der Waals surface area (Å²) in [6, 6.07) is 5.41. The first kappa shape index (κ1) is 16.5. The van der Waals surface area contributed by atoms with Crippen molar-refractivity contribution < 1.29 is 25.6 Å². The molecule has 0 radical (unpaired) electrons. The molecule has 1 aromatic carbocycles. The fourth-order valence-corrected chi connectivity index (χ4v) is 3.05. The third-order valence-electron chi connectivity index (χ3n) is 2.50. The third kappa shape index (κ3) is 4.32.